The molecular weight excluding hydrogens is 110 g/mol. The third kappa shape index (κ3) is 2.89. The van der Waals surface area contributed by atoms with E-state index in [1.807, 2.05) is 20.8 Å². The molecule has 0 aliphatic rings. The summed E-state index contributed by atoms with van der Waals surface area (Å²) in [5.74, 6) is 0. The summed E-state index contributed by atoms with van der Waals surface area (Å²) in [4.78, 5) is 0. The third-order valence-electron chi connectivity index (χ3n) is 0.827. The van der Waals surface area contributed by atoms with E-state index in [0.717, 1.165) is 0 Å². The minimum Gasteiger partial charge on any atom is -0.315 e. The molecule has 0 aromatic rings. The second kappa shape index (κ2) is 2.01. The molecule has 0 saturated heterocycles. The lowest BCUT2D eigenvalue weighted by Crippen LogP contribution is -2.28. The van der Waals surface area contributed by atoms with Crippen molar-refractivity contribution in [2.24, 2.45) is 11.1 Å². The van der Waals surface area contributed by atoms with Gasteiger partial charge in [0.15, 0.2) is 0 Å². The molecule has 0 saturated carbocycles. The molecule has 1 atom stereocenters. The van der Waals surface area contributed by atoms with Crippen LogP contribution in [0.4, 0.5) is 0 Å². The van der Waals surface area contributed by atoms with E-state index in [2.05, 4.69) is 0 Å². The van der Waals surface area contributed by atoms with Crippen molar-refractivity contribution in [3.05, 3.63) is 0 Å². The summed E-state index contributed by atoms with van der Waals surface area (Å²) in [6.45, 7) is 6.01. The van der Waals surface area contributed by atoms with E-state index in [1.54, 1.807) is 0 Å². The molecule has 0 heterocycles. The molecule has 7 heavy (non-hydrogen) atoms. The van der Waals surface area contributed by atoms with Crippen LogP contribution in [0.15, 0.2) is 0 Å². The van der Waals surface area contributed by atoms with Gasteiger partial charge < -0.3 is 5.73 Å². The fourth-order valence-electron chi connectivity index (χ4n) is 0. The molecule has 0 aliphatic carbocycles. The second-order valence-corrected chi connectivity index (χ2v) is 3.24. The van der Waals surface area contributed by atoms with E-state index in [-0.39, 0.29) is 10.9 Å². The van der Waals surface area contributed by atoms with Crippen molar-refractivity contribution in [2.45, 2.75) is 26.3 Å². The SMILES string of the molecule is CC(C)(C)C(N)Cl. The smallest absolute Gasteiger partial charge is 0.0849 e. The zero-order chi connectivity index (χ0) is 6.08. The maximum absolute atomic E-state index is 5.53. The summed E-state index contributed by atoms with van der Waals surface area (Å²) in [5.41, 5.74) is 5.15. The molecule has 1 nitrogen and oxygen atoms in total. The molecular formula is C5H12ClN. The summed E-state index contributed by atoms with van der Waals surface area (Å²) in [6, 6.07) is 0. The van der Waals surface area contributed by atoms with E-state index in [9.17, 15) is 0 Å². The van der Waals surface area contributed by atoms with Crippen LogP contribution in [-0.4, -0.2) is 5.50 Å². The predicted octanol–water partition coefficient (Wildman–Crippen LogP) is 1.56. The molecule has 0 radical (unpaired) electrons. The molecule has 2 heteroatoms. The van der Waals surface area contributed by atoms with Gasteiger partial charge in [-0.05, 0) is 5.41 Å². The summed E-state index contributed by atoms with van der Waals surface area (Å²) in [7, 11) is 0. The Morgan fingerprint density at radius 1 is 1.43 bits per heavy atom. The van der Waals surface area contributed by atoms with Gasteiger partial charge in [-0.15, -0.1) is 11.6 Å². The maximum Gasteiger partial charge on any atom is 0.0849 e. The van der Waals surface area contributed by atoms with Gasteiger partial charge in [-0.1, -0.05) is 20.8 Å². The summed E-state index contributed by atoms with van der Waals surface area (Å²) < 4.78 is 0. The van der Waals surface area contributed by atoms with Crippen LogP contribution in [0.3, 0.4) is 0 Å². The van der Waals surface area contributed by atoms with Gasteiger partial charge in [0.1, 0.15) is 0 Å². The Morgan fingerprint density at radius 2 is 1.57 bits per heavy atom. The first-order valence-electron chi connectivity index (χ1n) is 2.34. The van der Waals surface area contributed by atoms with Crippen molar-refractivity contribution in [3.63, 3.8) is 0 Å². The summed E-state index contributed by atoms with van der Waals surface area (Å²) in [5, 5.41) is 0. The highest BCUT2D eigenvalue weighted by Crippen LogP contribution is 2.19. The molecule has 0 aliphatic heterocycles. The van der Waals surface area contributed by atoms with E-state index < -0.39 is 0 Å². The molecule has 0 aromatic carbocycles. The number of halogens is 1. The summed E-state index contributed by atoms with van der Waals surface area (Å²) in [6.07, 6.45) is 0. The van der Waals surface area contributed by atoms with Crippen LogP contribution in [0.1, 0.15) is 20.8 Å². The van der Waals surface area contributed by atoms with Crippen LogP contribution in [0, 0.1) is 5.41 Å². The lowest BCUT2D eigenvalue weighted by molar-refractivity contribution is 0.395. The van der Waals surface area contributed by atoms with Gasteiger partial charge in [0.05, 0.1) is 5.50 Å². The average molecular weight is 122 g/mol. The molecule has 2 N–H and O–H groups in total. The highest BCUT2D eigenvalue weighted by atomic mass is 35.5. The largest absolute Gasteiger partial charge is 0.315 e. The number of nitrogens with two attached hydrogens (primary N) is 1. The van der Waals surface area contributed by atoms with E-state index in [4.69, 9.17) is 17.3 Å². The fourth-order valence-corrected chi connectivity index (χ4v) is 0. The van der Waals surface area contributed by atoms with E-state index in [1.165, 1.54) is 0 Å². The standard InChI is InChI=1S/C5H12ClN/c1-5(2,3)4(6)7/h4H,7H2,1-3H3. The van der Waals surface area contributed by atoms with Gasteiger partial charge in [0.2, 0.25) is 0 Å². The normalized spacial score (nSPS) is 16.7. The first-order valence-corrected chi connectivity index (χ1v) is 2.78. The van der Waals surface area contributed by atoms with Gasteiger partial charge in [0.25, 0.3) is 0 Å². The average Bonchev–Trinajstić information content (AvgIpc) is 1.31. The Hall–Kier alpha value is 0.250. The van der Waals surface area contributed by atoms with Crippen LogP contribution in [0.2, 0.25) is 0 Å². The van der Waals surface area contributed by atoms with Crippen LogP contribution in [0.5, 0.6) is 0 Å². The van der Waals surface area contributed by atoms with Crippen LogP contribution < -0.4 is 5.73 Å². The molecule has 0 aromatic heterocycles. The Morgan fingerprint density at radius 3 is 1.57 bits per heavy atom. The minimum atomic E-state index is -0.229. The number of alkyl halides is 1. The van der Waals surface area contributed by atoms with Crippen LogP contribution >= 0.6 is 11.6 Å². The molecule has 0 spiro atoms. The lowest BCUT2D eigenvalue weighted by atomic mass is 9.97. The van der Waals surface area contributed by atoms with Crippen LogP contribution in [-0.2, 0) is 0 Å². The fraction of sp³-hybridized carbons (Fsp3) is 1.00. The molecule has 1 unspecified atom stereocenters. The topological polar surface area (TPSA) is 26.0 Å². The number of rotatable bonds is 0. The molecule has 0 amide bonds. The first-order chi connectivity index (χ1) is 2.94. The zero-order valence-electron chi connectivity index (χ0n) is 5.03. The third-order valence-corrected chi connectivity index (χ3v) is 1.48. The van der Waals surface area contributed by atoms with Crippen molar-refractivity contribution in [2.75, 3.05) is 0 Å². The van der Waals surface area contributed by atoms with Gasteiger partial charge >= 0.3 is 0 Å². The highest BCUT2D eigenvalue weighted by Gasteiger charge is 2.16. The zero-order valence-corrected chi connectivity index (χ0v) is 5.79. The van der Waals surface area contributed by atoms with Gasteiger partial charge in [0, 0.05) is 0 Å². The van der Waals surface area contributed by atoms with Gasteiger partial charge in [-0.25, -0.2) is 0 Å². The van der Waals surface area contributed by atoms with Crippen molar-refractivity contribution in [1.82, 2.24) is 0 Å². The van der Waals surface area contributed by atoms with E-state index >= 15 is 0 Å². The second-order valence-electron chi connectivity index (χ2n) is 2.77. The molecule has 0 fully saturated rings. The molecule has 0 rings (SSSR count). The van der Waals surface area contributed by atoms with Crippen molar-refractivity contribution in [1.29, 1.82) is 0 Å². The quantitative estimate of drug-likeness (QED) is 0.382. The lowest BCUT2D eigenvalue weighted by Gasteiger charge is -2.20. The highest BCUT2D eigenvalue weighted by molar-refractivity contribution is 6.20. The Bertz CT molecular complexity index is 53.6. The van der Waals surface area contributed by atoms with Crippen LogP contribution in [0.25, 0.3) is 0 Å². The van der Waals surface area contributed by atoms with E-state index in [0.29, 0.717) is 0 Å². The molecule has 44 valence electrons. The Kier molecular flexibility index (Phi) is 2.09. The number of hydrogen-bond acceptors (Lipinski definition) is 1. The monoisotopic (exact) mass is 121 g/mol. The summed E-state index contributed by atoms with van der Waals surface area (Å²) >= 11 is 5.53. The Balaban J connectivity index is 3.54. The van der Waals surface area contributed by atoms with Crippen molar-refractivity contribution < 1.29 is 0 Å². The van der Waals surface area contributed by atoms with Crippen molar-refractivity contribution in [3.8, 4) is 0 Å². The number of hydrogen-bond donors (Lipinski definition) is 1. The predicted molar refractivity (Wildman–Crippen MR) is 33.3 cm³/mol. The minimum absolute atomic E-state index is 0.0432. The molecule has 0 bridgehead atoms. The maximum atomic E-state index is 5.53. The first kappa shape index (κ1) is 7.25. The Labute approximate surface area is 49.8 Å². The van der Waals surface area contributed by atoms with Crippen molar-refractivity contribution >= 4 is 11.6 Å². The van der Waals surface area contributed by atoms with Gasteiger partial charge in [-0.3, -0.25) is 0 Å². The van der Waals surface area contributed by atoms with Gasteiger partial charge in [-0.2, -0.15) is 0 Å².